The van der Waals surface area contributed by atoms with E-state index in [1.165, 1.54) is 6.92 Å². The lowest BCUT2D eigenvalue weighted by atomic mass is 10.2. The van der Waals surface area contributed by atoms with Crippen LogP contribution in [0.15, 0.2) is 24.7 Å². The fraction of sp³-hybridized carbons (Fsp3) is 0.500. The third-order valence-electron chi connectivity index (χ3n) is 4.18. The SMILES string of the molecule is CC(=O)NCc1ccnc(C2CCCN2Cc2nccn2C)n1. The van der Waals surface area contributed by atoms with Crippen molar-refractivity contribution in [3.05, 3.63) is 42.0 Å². The van der Waals surface area contributed by atoms with Crippen molar-refractivity contribution in [1.82, 2.24) is 29.7 Å². The van der Waals surface area contributed by atoms with Gasteiger partial charge in [0.25, 0.3) is 0 Å². The minimum Gasteiger partial charge on any atom is -0.351 e. The average Bonchev–Trinajstić information content (AvgIpc) is 3.16. The molecule has 1 fully saturated rings. The number of aryl methyl sites for hydroxylation is 1. The highest BCUT2D eigenvalue weighted by molar-refractivity contribution is 5.72. The van der Waals surface area contributed by atoms with Crippen molar-refractivity contribution in [3.8, 4) is 0 Å². The standard InChI is InChI=1S/C16H22N6O/c1-12(23)19-10-13-5-6-18-16(20-13)14-4-3-8-22(14)11-15-17-7-9-21(15)2/h5-7,9,14H,3-4,8,10-11H2,1-2H3,(H,19,23). The van der Waals surface area contributed by atoms with E-state index < -0.39 is 0 Å². The molecule has 7 nitrogen and oxygen atoms in total. The summed E-state index contributed by atoms with van der Waals surface area (Å²) in [5.74, 6) is 1.83. The molecule has 1 aliphatic rings. The van der Waals surface area contributed by atoms with Gasteiger partial charge in [0.2, 0.25) is 5.91 Å². The van der Waals surface area contributed by atoms with Gasteiger partial charge in [-0.25, -0.2) is 15.0 Å². The van der Waals surface area contributed by atoms with Crippen LogP contribution in [0.25, 0.3) is 0 Å². The van der Waals surface area contributed by atoms with Gasteiger partial charge in [0.1, 0.15) is 11.6 Å². The third-order valence-corrected chi connectivity index (χ3v) is 4.18. The zero-order chi connectivity index (χ0) is 16.2. The number of rotatable bonds is 5. The molecule has 1 unspecified atom stereocenters. The predicted molar refractivity (Wildman–Crippen MR) is 85.1 cm³/mol. The highest BCUT2D eigenvalue weighted by Gasteiger charge is 2.29. The van der Waals surface area contributed by atoms with E-state index in [1.807, 2.05) is 30.1 Å². The number of amides is 1. The molecule has 2 aromatic heterocycles. The van der Waals surface area contributed by atoms with E-state index in [9.17, 15) is 4.79 Å². The number of hydrogen-bond donors (Lipinski definition) is 1. The van der Waals surface area contributed by atoms with Crippen LogP contribution in [0.3, 0.4) is 0 Å². The Labute approximate surface area is 135 Å². The molecule has 1 N–H and O–H groups in total. The number of carbonyl (C=O) groups excluding carboxylic acids is 1. The fourth-order valence-electron chi connectivity index (χ4n) is 2.93. The largest absolute Gasteiger partial charge is 0.351 e. The van der Waals surface area contributed by atoms with Crippen LogP contribution >= 0.6 is 0 Å². The summed E-state index contributed by atoms with van der Waals surface area (Å²) in [6.45, 7) is 3.77. The number of nitrogens with one attached hydrogen (secondary N) is 1. The first-order chi connectivity index (χ1) is 11.1. The first kappa shape index (κ1) is 15.6. The van der Waals surface area contributed by atoms with Crippen molar-refractivity contribution >= 4 is 5.91 Å². The third kappa shape index (κ3) is 3.73. The molecule has 2 aromatic rings. The zero-order valence-corrected chi connectivity index (χ0v) is 13.6. The molecule has 0 spiro atoms. The van der Waals surface area contributed by atoms with Crippen LogP contribution in [-0.2, 0) is 24.9 Å². The van der Waals surface area contributed by atoms with Gasteiger partial charge in [-0.3, -0.25) is 9.69 Å². The lowest BCUT2D eigenvalue weighted by Gasteiger charge is -2.23. The first-order valence-electron chi connectivity index (χ1n) is 7.90. The maximum absolute atomic E-state index is 11.0. The van der Waals surface area contributed by atoms with Crippen molar-refractivity contribution in [3.63, 3.8) is 0 Å². The smallest absolute Gasteiger partial charge is 0.217 e. The highest BCUT2D eigenvalue weighted by Crippen LogP contribution is 2.30. The molecule has 122 valence electrons. The van der Waals surface area contributed by atoms with Gasteiger partial charge in [-0.2, -0.15) is 0 Å². The predicted octanol–water partition coefficient (Wildman–Crippen LogP) is 1.18. The van der Waals surface area contributed by atoms with E-state index in [4.69, 9.17) is 0 Å². The Morgan fingerprint density at radius 2 is 2.26 bits per heavy atom. The summed E-state index contributed by atoms with van der Waals surface area (Å²) in [7, 11) is 2.01. The average molecular weight is 314 g/mol. The second-order valence-corrected chi connectivity index (χ2v) is 5.90. The van der Waals surface area contributed by atoms with E-state index in [-0.39, 0.29) is 11.9 Å². The molecule has 0 bridgehead atoms. The van der Waals surface area contributed by atoms with Gasteiger partial charge < -0.3 is 9.88 Å². The molecule has 1 atom stereocenters. The first-order valence-corrected chi connectivity index (χ1v) is 7.90. The number of likely N-dealkylation sites (tertiary alicyclic amines) is 1. The molecule has 3 heterocycles. The quantitative estimate of drug-likeness (QED) is 0.897. The lowest BCUT2D eigenvalue weighted by molar-refractivity contribution is -0.119. The second kappa shape index (κ2) is 6.87. The molecule has 0 aliphatic carbocycles. The van der Waals surface area contributed by atoms with E-state index in [0.29, 0.717) is 6.54 Å². The Bertz CT molecular complexity index is 683. The van der Waals surface area contributed by atoms with Crippen LogP contribution in [-0.4, -0.2) is 36.9 Å². The molecule has 23 heavy (non-hydrogen) atoms. The van der Waals surface area contributed by atoms with Gasteiger partial charge in [0.15, 0.2) is 0 Å². The Morgan fingerprint density at radius 1 is 1.39 bits per heavy atom. The van der Waals surface area contributed by atoms with Gasteiger partial charge in [0, 0.05) is 32.6 Å². The topological polar surface area (TPSA) is 75.9 Å². The molecular formula is C16H22N6O. The normalized spacial score (nSPS) is 18.3. The van der Waals surface area contributed by atoms with Crippen molar-refractivity contribution in [2.45, 2.75) is 38.9 Å². The summed E-state index contributed by atoms with van der Waals surface area (Å²) >= 11 is 0. The summed E-state index contributed by atoms with van der Waals surface area (Å²) in [6, 6.07) is 2.06. The van der Waals surface area contributed by atoms with Crippen LogP contribution in [0.2, 0.25) is 0 Å². The van der Waals surface area contributed by atoms with Crippen LogP contribution < -0.4 is 5.32 Å². The molecule has 7 heteroatoms. The highest BCUT2D eigenvalue weighted by atomic mass is 16.1. The van der Waals surface area contributed by atoms with Crippen LogP contribution in [0.4, 0.5) is 0 Å². The molecule has 1 saturated heterocycles. The molecule has 3 rings (SSSR count). The monoisotopic (exact) mass is 314 g/mol. The second-order valence-electron chi connectivity index (χ2n) is 5.90. The maximum Gasteiger partial charge on any atom is 0.217 e. The number of carbonyl (C=O) groups is 1. The van der Waals surface area contributed by atoms with Crippen LogP contribution in [0.5, 0.6) is 0 Å². The van der Waals surface area contributed by atoms with E-state index >= 15 is 0 Å². The van der Waals surface area contributed by atoms with Gasteiger partial charge in [0.05, 0.1) is 24.8 Å². The van der Waals surface area contributed by atoms with Crippen molar-refractivity contribution < 1.29 is 4.79 Å². The summed E-state index contributed by atoms with van der Waals surface area (Å²) in [6.07, 6.45) is 7.75. The summed E-state index contributed by atoms with van der Waals surface area (Å²) in [5.41, 5.74) is 0.842. The van der Waals surface area contributed by atoms with E-state index in [0.717, 1.165) is 43.3 Å². The molecule has 1 amide bonds. The van der Waals surface area contributed by atoms with Gasteiger partial charge in [-0.05, 0) is 25.5 Å². The Morgan fingerprint density at radius 3 is 3.00 bits per heavy atom. The van der Waals surface area contributed by atoms with Crippen molar-refractivity contribution in [1.29, 1.82) is 0 Å². The molecule has 1 aliphatic heterocycles. The van der Waals surface area contributed by atoms with Gasteiger partial charge >= 0.3 is 0 Å². The lowest BCUT2D eigenvalue weighted by Crippen LogP contribution is -2.26. The maximum atomic E-state index is 11.0. The van der Waals surface area contributed by atoms with Gasteiger partial charge in [-0.15, -0.1) is 0 Å². The van der Waals surface area contributed by atoms with E-state index in [1.54, 1.807) is 6.20 Å². The Balaban J connectivity index is 1.73. The summed E-state index contributed by atoms with van der Waals surface area (Å²) in [5, 5.41) is 2.78. The molecule has 0 radical (unpaired) electrons. The minimum atomic E-state index is -0.0533. The molecule has 0 saturated carbocycles. The molecule has 0 aromatic carbocycles. The minimum absolute atomic E-state index is 0.0533. The van der Waals surface area contributed by atoms with Crippen molar-refractivity contribution in [2.75, 3.05) is 6.54 Å². The zero-order valence-electron chi connectivity index (χ0n) is 13.6. The number of aromatic nitrogens is 4. The molecular weight excluding hydrogens is 292 g/mol. The Kier molecular flexibility index (Phi) is 4.66. The van der Waals surface area contributed by atoms with Crippen molar-refractivity contribution in [2.24, 2.45) is 7.05 Å². The summed E-state index contributed by atoms with van der Waals surface area (Å²) < 4.78 is 2.05. The number of hydrogen-bond acceptors (Lipinski definition) is 5. The van der Waals surface area contributed by atoms with Crippen LogP contribution in [0, 0.1) is 0 Å². The Hall–Kier alpha value is -2.28. The van der Waals surface area contributed by atoms with Crippen LogP contribution in [0.1, 0.15) is 43.1 Å². The fourth-order valence-corrected chi connectivity index (χ4v) is 2.93. The van der Waals surface area contributed by atoms with E-state index in [2.05, 4.69) is 25.2 Å². The van der Waals surface area contributed by atoms with Gasteiger partial charge in [-0.1, -0.05) is 0 Å². The number of imidazole rings is 1. The number of nitrogens with zero attached hydrogens (tertiary/aromatic N) is 5. The summed E-state index contributed by atoms with van der Waals surface area (Å²) in [4.78, 5) is 26.9.